The second-order valence-corrected chi connectivity index (χ2v) is 13.6. The van der Waals surface area contributed by atoms with Crippen molar-refractivity contribution in [3.05, 3.63) is 46.0 Å². The summed E-state index contributed by atoms with van der Waals surface area (Å²) in [5.41, 5.74) is -2.36. The average molecular weight is 694 g/mol. The van der Waals surface area contributed by atoms with Gasteiger partial charge in [-0.25, -0.2) is 4.79 Å². The fourth-order valence-corrected chi connectivity index (χ4v) is 7.67. The SMILES string of the molecule is CC(=O)O[C@H]1CC/C(C)=C\[C@@H]2OC(=O)[C@H](C)[C@@]2(O)[C@@H](OC(C)=O)[C@H]2[C@@H](C)[C@@H](OC(=O)c3ccc(Br)cc3)C[C@H](OC(C)=O)[C@@]21C. The Morgan fingerprint density at radius 3 is 2.09 bits per heavy atom. The minimum Gasteiger partial charge on any atom is -0.462 e. The number of ether oxygens (including phenoxy) is 5. The van der Waals surface area contributed by atoms with Crippen LogP contribution in [0.5, 0.6) is 0 Å². The Morgan fingerprint density at radius 2 is 1.51 bits per heavy atom. The first-order valence-corrected chi connectivity index (χ1v) is 15.9. The van der Waals surface area contributed by atoms with E-state index in [1.165, 1.54) is 27.7 Å². The summed E-state index contributed by atoms with van der Waals surface area (Å²) in [4.78, 5) is 64.4. The molecular formula is C33H41BrO11. The first kappa shape index (κ1) is 34.6. The highest BCUT2D eigenvalue weighted by molar-refractivity contribution is 9.10. The number of halogens is 1. The highest BCUT2D eigenvalue weighted by atomic mass is 79.9. The number of benzene rings is 1. The van der Waals surface area contributed by atoms with E-state index in [1.54, 1.807) is 51.1 Å². The third-order valence-corrected chi connectivity index (χ3v) is 10.2. The van der Waals surface area contributed by atoms with Crippen molar-refractivity contribution in [2.75, 3.05) is 0 Å². The molecule has 0 bridgehead atoms. The molecule has 246 valence electrons. The summed E-state index contributed by atoms with van der Waals surface area (Å²) in [7, 11) is 0. The highest BCUT2D eigenvalue weighted by Gasteiger charge is 2.69. The molecule has 1 N–H and O–H groups in total. The lowest BCUT2D eigenvalue weighted by Gasteiger charge is -2.58. The van der Waals surface area contributed by atoms with Gasteiger partial charge in [0.05, 0.1) is 11.5 Å². The largest absolute Gasteiger partial charge is 0.462 e. The van der Waals surface area contributed by atoms with Gasteiger partial charge in [0.1, 0.15) is 24.4 Å². The molecule has 10 atom stereocenters. The first-order chi connectivity index (χ1) is 21.0. The fourth-order valence-electron chi connectivity index (χ4n) is 7.40. The lowest BCUT2D eigenvalue weighted by atomic mass is 9.52. The maximum Gasteiger partial charge on any atom is 0.338 e. The summed E-state index contributed by atoms with van der Waals surface area (Å²) in [6.07, 6.45) is -3.13. The molecule has 11 nitrogen and oxygen atoms in total. The number of allylic oxidation sites excluding steroid dienone is 1. The molecule has 0 unspecified atom stereocenters. The van der Waals surface area contributed by atoms with Gasteiger partial charge in [0.15, 0.2) is 11.7 Å². The zero-order valence-electron chi connectivity index (χ0n) is 26.5. The maximum absolute atomic E-state index is 13.4. The first-order valence-electron chi connectivity index (χ1n) is 15.1. The van der Waals surface area contributed by atoms with Crippen molar-refractivity contribution in [2.45, 2.75) is 104 Å². The molecule has 4 rings (SSSR count). The number of rotatable bonds is 5. The van der Waals surface area contributed by atoms with Gasteiger partial charge < -0.3 is 28.8 Å². The van der Waals surface area contributed by atoms with Crippen LogP contribution >= 0.6 is 15.9 Å². The van der Waals surface area contributed by atoms with Crippen LogP contribution < -0.4 is 0 Å². The van der Waals surface area contributed by atoms with Crippen LogP contribution in [0.4, 0.5) is 0 Å². The molecule has 1 aliphatic heterocycles. The minimum absolute atomic E-state index is 0.0300. The normalized spacial score (nSPS) is 37.4. The monoisotopic (exact) mass is 692 g/mol. The molecule has 1 saturated carbocycles. The van der Waals surface area contributed by atoms with Gasteiger partial charge in [0.2, 0.25) is 0 Å². The molecule has 1 aromatic carbocycles. The molecular weight excluding hydrogens is 652 g/mol. The second kappa shape index (κ2) is 13.2. The molecule has 1 heterocycles. The van der Waals surface area contributed by atoms with Gasteiger partial charge in [-0.2, -0.15) is 0 Å². The Morgan fingerprint density at radius 1 is 0.933 bits per heavy atom. The Kier molecular flexibility index (Phi) is 10.2. The molecule has 0 spiro atoms. The number of aliphatic hydroxyl groups is 1. The van der Waals surface area contributed by atoms with Crippen molar-refractivity contribution in [1.82, 2.24) is 0 Å². The van der Waals surface area contributed by atoms with Crippen molar-refractivity contribution in [2.24, 2.45) is 23.2 Å². The number of fused-ring (bicyclic) bond motifs is 2. The van der Waals surface area contributed by atoms with Crippen LogP contribution in [-0.2, 0) is 42.9 Å². The molecule has 1 saturated heterocycles. The standard InChI is InChI=1S/C33H41BrO11/c1-16-8-13-25(41-19(4)35)32(7)26(42-20(5)36)15-24(44-31(39)22-9-11-23(34)12-10-22)17(2)28(32)29(43-21(6)37)33(40)18(3)30(38)45-27(33)14-16/h9-12,14,17-18,24-29,40H,8,13,15H2,1-7H3/b16-14-/t17-,18-,24-,25-,26-,27-,28+,29-,32-,33-/m0/s1. The topological polar surface area (TPSA) is 152 Å². The Hall–Kier alpha value is -3.25. The number of hydrogen-bond donors (Lipinski definition) is 1. The van der Waals surface area contributed by atoms with Crippen molar-refractivity contribution < 1.29 is 52.8 Å². The summed E-state index contributed by atoms with van der Waals surface area (Å²) in [5, 5.41) is 12.6. The third-order valence-electron chi connectivity index (χ3n) is 9.72. The third kappa shape index (κ3) is 6.67. The van der Waals surface area contributed by atoms with E-state index in [1.807, 2.05) is 0 Å². The lowest BCUT2D eigenvalue weighted by molar-refractivity contribution is -0.250. The van der Waals surface area contributed by atoms with E-state index in [0.717, 1.165) is 10.0 Å². The summed E-state index contributed by atoms with van der Waals surface area (Å²) >= 11 is 3.35. The zero-order valence-corrected chi connectivity index (χ0v) is 28.1. The highest BCUT2D eigenvalue weighted by Crippen LogP contribution is 2.57. The van der Waals surface area contributed by atoms with E-state index in [9.17, 15) is 29.1 Å². The van der Waals surface area contributed by atoms with Crippen LogP contribution in [-0.4, -0.2) is 71.1 Å². The number of esters is 5. The quantitative estimate of drug-likeness (QED) is 0.264. The average Bonchev–Trinajstić information content (AvgIpc) is 3.16. The van der Waals surface area contributed by atoms with Gasteiger partial charge in [-0.15, -0.1) is 0 Å². The van der Waals surface area contributed by atoms with Gasteiger partial charge in [-0.1, -0.05) is 35.4 Å². The molecule has 2 aliphatic carbocycles. The second-order valence-electron chi connectivity index (χ2n) is 12.7. The molecule has 0 amide bonds. The van der Waals surface area contributed by atoms with Gasteiger partial charge in [0.25, 0.3) is 0 Å². The van der Waals surface area contributed by atoms with Crippen molar-refractivity contribution >= 4 is 45.8 Å². The molecule has 45 heavy (non-hydrogen) atoms. The van der Waals surface area contributed by atoms with Gasteiger partial charge in [-0.3, -0.25) is 19.2 Å². The zero-order chi connectivity index (χ0) is 33.4. The Bertz CT molecular complexity index is 1370. The van der Waals surface area contributed by atoms with Crippen LogP contribution in [0.1, 0.15) is 78.1 Å². The van der Waals surface area contributed by atoms with Crippen LogP contribution in [0, 0.1) is 23.2 Å². The summed E-state index contributed by atoms with van der Waals surface area (Å²) in [5.74, 6) is -6.07. The number of carbonyl (C=O) groups excluding carboxylic acids is 5. The smallest absolute Gasteiger partial charge is 0.338 e. The molecule has 1 aromatic rings. The van der Waals surface area contributed by atoms with Crippen LogP contribution in [0.2, 0.25) is 0 Å². The van der Waals surface area contributed by atoms with E-state index in [2.05, 4.69) is 15.9 Å². The fraction of sp³-hybridized carbons (Fsp3) is 0.606. The van der Waals surface area contributed by atoms with E-state index >= 15 is 0 Å². The molecule has 0 aromatic heterocycles. The maximum atomic E-state index is 13.4. The minimum atomic E-state index is -2.08. The predicted molar refractivity (Wildman–Crippen MR) is 162 cm³/mol. The summed E-state index contributed by atoms with van der Waals surface area (Å²) < 4.78 is 30.4. The van der Waals surface area contributed by atoms with E-state index in [0.29, 0.717) is 6.42 Å². The lowest BCUT2D eigenvalue weighted by Crippen LogP contribution is -2.69. The number of hydrogen-bond acceptors (Lipinski definition) is 11. The van der Waals surface area contributed by atoms with Crippen molar-refractivity contribution in [3.8, 4) is 0 Å². The van der Waals surface area contributed by atoms with E-state index in [-0.39, 0.29) is 18.4 Å². The van der Waals surface area contributed by atoms with Crippen molar-refractivity contribution in [1.29, 1.82) is 0 Å². The van der Waals surface area contributed by atoms with Crippen molar-refractivity contribution in [3.63, 3.8) is 0 Å². The van der Waals surface area contributed by atoms with E-state index < -0.39 is 89.1 Å². The van der Waals surface area contributed by atoms with E-state index in [4.69, 9.17) is 23.7 Å². The van der Waals surface area contributed by atoms with Crippen LogP contribution in [0.25, 0.3) is 0 Å². The van der Waals surface area contributed by atoms with Gasteiger partial charge in [0, 0.05) is 48.9 Å². The molecule has 12 heteroatoms. The summed E-state index contributed by atoms with van der Waals surface area (Å²) in [6, 6.07) is 6.59. The number of carbonyl (C=O) groups is 5. The predicted octanol–water partition coefficient (Wildman–Crippen LogP) is 4.46. The van der Waals surface area contributed by atoms with Gasteiger partial charge >= 0.3 is 29.8 Å². The van der Waals surface area contributed by atoms with Crippen LogP contribution in [0.15, 0.2) is 40.4 Å². The Labute approximate surface area is 271 Å². The van der Waals surface area contributed by atoms with Gasteiger partial charge in [-0.05, 0) is 57.0 Å². The molecule has 2 fully saturated rings. The molecule has 3 aliphatic rings. The van der Waals surface area contributed by atoms with Crippen LogP contribution in [0.3, 0.4) is 0 Å². The summed E-state index contributed by atoms with van der Waals surface area (Å²) in [6.45, 7) is 10.5. The Balaban J connectivity index is 1.96. The molecule has 0 radical (unpaired) electrons.